The third-order valence-electron chi connectivity index (χ3n) is 4.84. The number of rotatable bonds is 5. The van der Waals surface area contributed by atoms with E-state index in [1.807, 2.05) is 14.1 Å². The molecule has 0 saturated carbocycles. The minimum atomic E-state index is -0.0859. The molecule has 29 heavy (non-hydrogen) atoms. The molecule has 1 aliphatic rings. The van der Waals surface area contributed by atoms with Crippen molar-refractivity contribution in [2.24, 2.45) is 0 Å². The highest BCUT2D eigenvalue weighted by Gasteiger charge is 2.24. The van der Waals surface area contributed by atoms with E-state index in [0.717, 1.165) is 21.9 Å². The number of amides is 1. The number of aromatic nitrogens is 1. The molecular weight excluding hydrogens is 386 g/mol. The number of likely N-dealkylation sites (N-methyl/N-ethyl adjacent to an activating group) is 1. The molecule has 0 spiro atoms. The molecule has 2 heterocycles. The standard InChI is InChI=1S/C22H25N3O3S/c1-14-11-15(2)20-17(12-14)23-22(29-20)25(8-7-24(3)4)21(26)16-5-6-18-19(13-16)28-10-9-27-18/h5-6,11-13H,7-10H2,1-4H3. The number of anilines is 1. The van der Waals surface area contributed by atoms with Gasteiger partial charge in [0.05, 0.1) is 10.2 Å². The number of thiazole rings is 1. The molecule has 0 atom stereocenters. The Morgan fingerprint density at radius 1 is 1.07 bits per heavy atom. The van der Waals surface area contributed by atoms with E-state index in [-0.39, 0.29) is 5.91 Å². The van der Waals surface area contributed by atoms with Gasteiger partial charge in [0.2, 0.25) is 0 Å². The number of carbonyl (C=O) groups excluding carboxylic acids is 1. The van der Waals surface area contributed by atoms with Gasteiger partial charge in [0.15, 0.2) is 16.6 Å². The lowest BCUT2D eigenvalue weighted by Gasteiger charge is -2.23. The Labute approximate surface area is 174 Å². The molecule has 0 fully saturated rings. The van der Waals surface area contributed by atoms with Crippen molar-refractivity contribution in [2.75, 3.05) is 45.3 Å². The van der Waals surface area contributed by atoms with Crippen LogP contribution >= 0.6 is 11.3 Å². The average Bonchev–Trinajstić information content (AvgIpc) is 3.11. The van der Waals surface area contributed by atoms with Crippen LogP contribution in [0.15, 0.2) is 30.3 Å². The van der Waals surface area contributed by atoms with Gasteiger partial charge in [-0.1, -0.05) is 17.4 Å². The molecule has 152 valence electrons. The van der Waals surface area contributed by atoms with Crippen LogP contribution in [0.2, 0.25) is 0 Å². The number of carbonyl (C=O) groups is 1. The summed E-state index contributed by atoms with van der Waals surface area (Å²) in [5.74, 6) is 1.21. The van der Waals surface area contributed by atoms with Crippen LogP contribution in [0, 0.1) is 13.8 Å². The summed E-state index contributed by atoms with van der Waals surface area (Å²) in [6, 6.07) is 9.58. The Kier molecular flexibility index (Phi) is 5.43. The molecule has 0 aliphatic carbocycles. The van der Waals surface area contributed by atoms with Crippen molar-refractivity contribution >= 4 is 32.6 Å². The predicted octanol–water partition coefficient (Wildman–Crippen LogP) is 3.89. The predicted molar refractivity (Wildman–Crippen MR) is 117 cm³/mol. The number of aryl methyl sites for hydroxylation is 2. The molecule has 6 nitrogen and oxygen atoms in total. The minimum Gasteiger partial charge on any atom is -0.486 e. The van der Waals surface area contributed by atoms with Crippen LogP contribution in [0.4, 0.5) is 5.13 Å². The molecule has 0 unspecified atom stereocenters. The Hall–Kier alpha value is -2.64. The second kappa shape index (κ2) is 8.00. The van der Waals surface area contributed by atoms with E-state index in [0.29, 0.717) is 36.8 Å². The van der Waals surface area contributed by atoms with Crippen molar-refractivity contribution in [3.8, 4) is 11.5 Å². The fourth-order valence-electron chi connectivity index (χ4n) is 3.40. The van der Waals surface area contributed by atoms with Gasteiger partial charge >= 0.3 is 0 Å². The van der Waals surface area contributed by atoms with Gasteiger partial charge in [0.25, 0.3) is 5.91 Å². The lowest BCUT2D eigenvalue weighted by atomic mass is 10.1. The Balaban J connectivity index is 1.72. The number of hydrogen-bond acceptors (Lipinski definition) is 6. The van der Waals surface area contributed by atoms with E-state index in [1.54, 1.807) is 34.4 Å². The highest BCUT2D eigenvalue weighted by molar-refractivity contribution is 7.22. The molecule has 1 aliphatic heterocycles. The first-order chi connectivity index (χ1) is 13.9. The highest BCUT2D eigenvalue weighted by atomic mass is 32.1. The van der Waals surface area contributed by atoms with Crippen molar-refractivity contribution < 1.29 is 14.3 Å². The second-order valence-corrected chi connectivity index (χ2v) is 8.52. The number of nitrogens with zero attached hydrogens (tertiary/aromatic N) is 3. The van der Waals surface area contributed by atoms with E-state index in [1.165, 1.54) is 11.1 Å². The monoisotopic (exact) mass is 411 g/mol. The maximum absolute atomic E-state index is 13.5. The lowest BCUT2D eigenvalue weighted by Crippen LogP contribution is -2.36. The van der Waals surface area contributed by atoms with Crippen LogP contribution in [-0.2, 0) is 0 Å². The number of ether oxygens (including phenoxy) is 2. The largest absolute Gasteiger partial charge is 0.486 e. The van der Waals surface area contributed by atoms with Gasteiger partial charge in [-0.2, -0.15) is 0 Å². The van der Waals surface area contributed by atoms with Crippen molar-refractivity contribution in [2.45, 2.75) is 13.8 Å². The minimum absolute atomic E-state index is 0.0859. The van der Waals surface area contributed by atoms with Gasteiger partial charge in [-0.3, -0.25) is 9.69 Å². The first kappa shape index (κ1) is 19.7. The summed E-state index contributed by atoms with van der Waals surface area (Å²) in [5.41, 5.74) is 3.86. The zero-order valence-corrected chi connectivity index (χ0v) is 18.0. The molecule has 1 aromatic heterocycles. The summed E-state index contributed by atoms with van der Waals surface area (Å²) in [6.07, 6.45) is 0. The quantitative estimate of drug-likeness (QED) is 0.638. The number of hydrogen-bond donors (Lipinski definition) is 0. The fraction of sp³-hybridized carbons (Fsp3) is 0.364. The molecular formula is C22H25N3O3S. The van der Waals surface area contributed by atoms with E-state index < -0.39 is 0 Å². The number of fused-ring (bicyclic) bond motifs is 2. The van der Waals surface area contributed by atoms with E-state index in [2.05, 4.69) is 30.9 Å². The summed E-state index contributed by atoms with van der Waals surface area (Å²) < 4.78 is 12.4. The molecule has 0 radical (unpaired) electrons. The Morgan fingerprint density at radius 2 is 1.83 bits per heavy atom. The maximum atomic E-state index is 13.5. The summed E-state index contributed by atoms with van der Waals surface area (Å²) >= 11 is 1.56. The summed E-state index contributed by atoms with van der Waals surface area (Å²) in [4.78, 5) is 22.1. The maximum Gasteiger partial charge on any atom is 0.260 e. The van der Waals surface area contributed by atoms with Crippen LogP contribution < -0.4 is 14.4 Å². The zero-order chi connectivity index (χ0) is 20.5. The fourth-order valence-corrected chi connectivity index (χ4v) is 4.44. The third-order valence-corrected chi connectivity index (χ3v) is 6.07. The number of benzene rings is 2. The third kappa shape index (κ3) is 4.06. The molecule has 1 amide bonds. The summed E-state index contributed by atoms with van der Waals surface area (Å²) in [6.45, 7) is 6.47. The van der Waals surface area contributed by atoms with Crippen LogP contribution in [0.3, 0.4) is 0 Å². The van der Waals surface area contributed by atoms with Crippen molar-refractivity contribution in [1.29, 1.82) is 0 Å². The van der Waals surface area contributed by atoms with E-state index in [9.17, 15) is 4.79 Å². The smallest absolute Gasteiger partial charge is 0.260 e. The average molecular weight is 412 g/mol. The molecule has 2 aromatic carbocycles. The molecule has 0 bridgehead atoms. The Bertz CT molecular complexity index is 1060. The van der Waals surface area contributed by atoms with Crippen molar-refractivity contribution in [3.05, 3.63) is 47.0 Å². The van der Waals surface area contributed by atoms with Crippen LogP contribution in [0.1, 0.15) is 21.5 Å². The first-order valence-electron chi connectivity index (χ1n) is 9.66. The first-order valence-corrected chi connectivity index (χ1v) is 10.5. The Morgan fingerprint density at radius 3 is 2.59 bits per heavy atom. The molecule has 4 rings (SSSR count). The van der Waals surface area contributed by atoms with Crippen molar-refractivity contribution in [1.82, 2.24) is 9.88 Å². The summed E-state index contributed by atoms with van der Waals surface area (Å²) in [5, 5.41) is 0.718. The molecule has 7 heteroatoms. The van der Waals surface area contributed by atoms with Crippen molar-refractivity contribution in [3.63, 3.8) is 0 Å². The lowest BCUT2D eigenvalue weighted by molar-refractivity contribution is 0.0984. The molecule has 0 N–H and O–H groups in total. The normalized spacial score (nSPS) is 13.1. The summed E-state index contributed by atoms with van der Waals surface area (Å²) in [7, 11) is 4.00. The van der Waals surface area contributed by atoms with E-state index in [4.69, 9.17) is 14.5 Å². The van der Waals surface area contributed by atoms with Gasteiger partial charge < -0.3 is 14.4 Å². The molecule has 0 saturated heterocycles. The van der Waals surface area contributed by atoms with Gasteiger partial charge in [-0.25, -0.2) is 4.98 Å². The van der Waals surface area contributed by atoms with Crippen LogP contribution in [-0.4, -0.2) is 56.2 Å². The topological polar surface area (TPSA) is 54.9 Å². The zero-order valence-electron chi connectivity index (χ0n) is 17.2. The van der Waals surface area contributed by atoms with Gasteiger partial charge in [-0.15, -0.1) is 0 Å². The SMILES string of the molecule is Cc1cc(C)c2sc(N(CCN(C)C)C(=O)c3ccc4c(c3)OCCO4)nc2c1. The van der Waals surface area contributed by atoms with Gasteiger partial charge in [0, 0.05) is 18.7 Å². The van der Waals surface area contributed by atoms with E-state index >= 15 is 0 Å². The van der Waals surface area contributed by atoms with Gasteiger partial charge in [-0.05, 0) is 63.3 Å². The van der Waals surface area contributed by atoms with Gasteiger partial charge in [0.1, 0.15) is 13.2 Å². The molecule has 3 aromatic rings. The van der Waals surface area contributed by atoms with Crippen LogP contribution in [0.5, 0.6) is 11.5 Å². The highest BCUT2D eigenvalue weighted by Crippen LogP contribution is 2.34. The van der Waals surface area contributed by atoms with Crippen LogP contribution in [0.25, 0.3) is 10.2 Å². The second-order valence-electron chi connectivity index (χ2n) is 7.55.